The summed E-state index contributed by atoms with van der Waals surface area (Å²) in [4.78, 5) is 14.7. The number of hydrogen-bond donors (Lipinski definition) is 2. The van der Waals surface area contributed by atoms with Gasteiger partial charge in [-0.05, 0) is 18.6 Å². The predicted octanol–water partition coefficient (Wildman–Crippen LogP) is 1.17. The first-order chi connectivity index (χ1) is 6.74. The van der Waals surface area contributed by atoms with Crippen molar-refractivity contribution in [3.05, 3.63) is 36.5 Å². The molecule has 1 heterocycles. The molecule has 14 heavy (non-hydrogen) atoms. The van der Waals surface area contributed by atoms with Crippen molar-refractivity contribution in [3.8, 4) is 0 Å². The van der Waals surface area contributed by atoms with Gasteiger partial charge in [0.25, 0.3) is 0 Å². The van der Waals surface area contributed by atoms with Gasteiger partial charge in [0.2, 0.25) is 5.91 Å². The molecule has 0 aliphatic rings. The monoisotopic (exact) mass is 191 g/mol. The number of carbonyl (C=O) groups excluding carboxylic acids is 1. The Morgan fingerprint density at radius 2 is 2.43 bits per heavy atom. The Morgan fingerprint density at radius 1 is 1.64 bits per heavy atom. The molecule has 1 aromatic heterocycles. The maximum atomic E-state index is 10.7. The van der Waals surface area contributed by atoms with Crippen molar-refractivity contribution in [1.82, 2.24) is 4.98 Å². The van der Waals surface area contributed by atoms with E-state index in [1.807, 2.05) is 6.08 Å². The van der Waals surface area contributed by atoms with Crippen LogP contribution in [-0.2, 0) is 0 Å². The summed E-state index contributed by atoms with van der Waals surface area (Å²) < 4.78 is 0. The molecular formula is C10H13N3O. The van der Waals surface area contributed by atoms with Crippen molar-refractivity contribution in [3.63, 3.8) is 0 Å². The van der Waals surface area contributed by atoms with Gasteiger partial charge in [-0.25, -0.2) is 4.98 Å². The summed E-state index contributed by atoms with van der Waals surface area (Å²) in [6, 6.07) is 3.37. The topological polar surface area (TPSA) is 68.0 Å². The number of anilines is 1. The Hall–Kier alpha value is -1.84. The first kappa shape index (κ1) is 10.2. The molecule has 0 fully saturated rings. The van der Waals surface area contributed by atoms with Gasteiger partial charge in [0.15, 0.2) is 0 Å². The number of rotatable bonds is 5. The molecule has 0 spiro atoms. The van der Waals surface area contributed by atoms with Gasteiger partial charge in [-0.15, -0.1) is 6.58 Å². The second kappa shape index (κ2) is 5.01. The number of nitrogens with one attached hydrogen (secondary N) is 1. The van der Waals surface area contributed by atoms with Crippen LogP contribution in [0, 0.1) is 0 Å². The maximum Gasteiger partial charge on any atom is 0.250 e. The van der Waals surface area contributed by atoms with Crippen LogP contribution in [0.3, 0.4) is 0 Å². The van der Waals surface area contributed by atoms with E-state index in [0.717, 1.165) is 18.8 Å². The van der Waals surface area contributed by atoms with E-state index in [4.69, 9.17) is 5.73 Å². The van der Waals surface area contributed by atoms with Gasteiger partial charge in [0, 0.05) is 12.7 Å². The molecule has 0 radical (unpaired) electrons. The van der Waals surface area contributed by atoms with Crippen molar-refractivity contribution >= 4 is 11.7 Å². The number of amides is 1. The van der Waals surface area contributed by atoms with E-state index in [0.29, 0.717) is 5.56 Å². The molecule has 0 bridgehead atoms. The zero-order valence-electron chi connectivity index (χ0n) is 7.86. The largest absolute Gasteiger partial charge is 0.370 e. The van der Waals surface area contributed by atoms with E-state index >= 15 is 0 Å². The highest BCUT2D eigenvalue weighted by Crippen LogP contribution is 2.04. The third-order valence-electron chi connectivity index (χ3n) is 1.70. The van der Waals surface area contributed by atoms with E-state index < -0.39 is 5.91 Å². The molecule has 0 atom stereocenters. The van der Waals surface area contributed by atoms with Crippen molar-refractivity contribution < 1.29 is 4.79 Å². The molecule has 0 saturated heterocycles. The van der Waals surface area contributed by atoms with Gasteiger partial charge in [-0.3, -0.25) is 4.79 Å². The summed E-state index contributed by atoms with van der Waals surface area (Å²) in [6.07, 6.45) is 4.16. The summed E-state index contributed by atoms with van der Waals surface area (Å²) in [5.41, 5.74) is 5.49. The Bertz CT molecular complexity index is 319. The number of nitrogens with zero attached hydrogens (tertiary/aromatic N) is 1. The maximum absolute atomic E-state index is 10.7. The lowest BCUT2D eigenvalue weighted by atomic mass is 10.3. The number of pyridine rings is 1. The van der Waals surface area contributed by atoms with E-state index in [9.17, 15) is 4.79 Å². The van der Waals surface area contributed by atoms with Crippen LogP contribution < -0.4 is 11.1 Å². The van der Waals surface area contributed by atoms with Crippen LogP contribution in [0.25, 0.3) is 0 Å². The van der Waals surface area contributed by atoms with Crippen LogP contribution in [0.2, 0.25) is 0 Å². The number of primary amides is 1. The van der Waals surface area contributed by atoms with Crippen molar-refractivity contribution in [2.45, 2.75) is 6.42 Å². The smallest absolute Gasteiger partial charge is 0.250 e. The summed E-state index contributed by atoms with van der Waals surface area (Å²) in [5, 5.41) is 3.08. The van der Waals surface area contributed by atoms with E-state index in [2.05, 4.69) is 16.9 Å². The predicted molar refractivity (Wildman–Crippen MR) is 56.1 cm³/mol. The van der Waals surface area contributed by atoms with Gasteiger partial charge >= 0.3 is 0 Å². The van der Waals surface area contributed by atoms with Crippen LogP contribution in [0.4, 0.5) is 5.82 Å². The first-order valence-corrected chi connectivity index (χ1v) is 4.34. The Kier molecular flexibility index (Phi) is 3.67. The molecule has 3 N–H and O–H groups in total. The minimum absolute atomic E-state index is 0.416. The van der Waals surface area contributed by atoms with E-state index in [1.165, 1.54) is 6.20 Å². The fourth-order valence-corrected chi connectivity index (χ4v) is 0.946. The molecule has 0 aliphatic heterocycles. The molecule has 4 heteroatoms. The number of carbonyl (C=O) groups is 1. The molecule has 0 aromatic carbocycles. The average Bonchev–Trinajstić information content (AvgIpc) is 2.19. The van der Waals surface area contributed by atoms with Gasteiger partial charge in [-0.2, -0.15) is 0 Å². The number of aromatic nitrogens is 1. The van der Waals surface area contributed by atoms with Crippen molar-refractivity contribution in [2.75, 3.05) is 11.9 Å². The lowest BCUT2D eigenvalue weighted by molar-refractivity contribution is 0.1000. The quantitative estimate of drug-likeness (QED) is 0.542. The van der Waals surface area contributed by atoms with Crippen molar-refractivity contribution in [2.24, 2.45) is 5.73 Å². The molecule has 0 unspecified atom stereocenters. The van der Waals surface area contributed by atoms with Crippen molar-refractivity contribution in [1.29, 1.82) is 0 Å². The summed E-state index contributed by atoms with van der Waals surface area (Å²) in [5.74, 6) is 0.270. The SMILES string of the molecule is C=CCCNc1ccc(C(N)=O)cn1. The van der Waals surface area contributed by atoms with Crippen LogP contribution in [0.1, 0.15) is 16.8 Å². The standard InChI is InChI=1S/C10H13N3O/c1-2-3-6-12-9-5-4-8(7-13-9)10(11)14/h2,4-5,7H,1,3,6H2,(H2,11,14)(H,12,13). The van der Waals surface area contributed by atoms with Gasteiger partial charge < -0.3 is 11.1 Å². The Morgan fingerprint density at radius 3 is 2.93 bits per heavy atom. The van der Waals surface area contributed by atoms with Crippen LogP contribution in [0.15, 0.2) is 31.0 Å². The number of nitrogens with two attached hydrogens (primary N) is 1. The fraction of sp³-hybridized carbons (Fsp3) is 0.200. The van der Waals surface area contributed by atoms with Gasteiger partial charge in [0.05, 0.1) is 5.56 Å². The summed E-state index contributed by atoms with van der Waals surface area (Å²) >= 11 is 0. The molecule has 0 saturated carbocycles. The fourth-order valence-electron chi connectivity index (χ4n) is 0.946. The molecule has 74 valence electrons. The molecule has 1 aromatic rings. The molecule has 0 aliphatic carbocycles. The Labute approximate surface area is 82.8 Å². The third-order valence-corrected chi connectivity index (χ3v) is 1.70. The molecular weight excluding hydrogens is 178 g/mol. The zero-order valence-corrected chi connectivity index (χ0v) is 7.86. The lowest BCUT2D eigenvalue weighted by Crippen LogP contribution is -2.11. The average molecular weight is 191 g/mol. The first-order valence-electron chi connectivity index (χ1n) is 4.34. The highest BCUT2D eigenvalue weighted by molar-refractivity contribution is 5.92. The zero-order chi connectivity index (χ0) is 10.4. The third kappa shape index (κ3) is 2.90. The van der Waals surface area contributed by atoms with Crippen LogP contribution >= 0.6 is 0 Å². The summed E-state index contributed by atoms with van der Waals surface area (Å²) in [6.45, 7) is 4.39. The minimum Gasteiger partial charge on any atom is -0.370 e. The molecule has 4 nitrogen and oxygen atoms in total. The van der Waals surface area contributed by atoms with Crippen LogP contribution in [-0.4, -0.2) is 17.4 Å². The number of hydrogen-bond acceptors (Lipinski definition) is 3. The Balaban J connectivity index is 2.55. The van der Waals surface area contributed by atoms with E-state index in [-0.39, 0.29) is 0 Å². The summed E-state index contributed by atoms with van der Waals surface area (Å²) in [7, 11) is 0. The van der Waals surface area contributed by atoms with Gasteiger partial charge in [0.1, 0.15) is 5.82 Å². The van der Waals surface area contributed by atoms with Crippen LogP contribution in [0.5, 0.6) is 0 Å². The second-order valence-electron chi connectivity index (χ2n) is 2.80. The van der Waals surface area contributed by atoms with Gasteiger partial charge in [-0.1, -0.05) is 6.08 Å². The second-order valence-corrected chi connectivity index (χ2v) is 2.80. The highest BCUT2D eigenvalue weighted by atomic mass is 16.1. The lowest BCUT2D eigenvalue weighted by Gasteiger charge is -2.03. The minimum atomic E-state index is -0.463. The van der Waals surface area contributed by atoms with E-state index in [1.54, 1.807) is 12.1 Å². The normalized spacial score (nSPS) is 9.43. The highest BCUT2D eigenvalue weighted by Gasteiger charge is 1.99. The molecule has 1 rings (SSSR count). The molecule has 1 amide bonds.